The molecule has 1 aromatic heterocycles. The Morgan fingerprint density at radius 2 is 1.69 bits per heavy atom. The average molecular weight is 241 g/mol. The lowest BCUT2D eigenvalue weighted by atomic mass is 9.96. The Labute approximate surface area is 95.0 Å². The van der Waals surface area contributed by atoms with E-state index >= 15 is 0 Å². The lowest BCUT2D eigenvalue weighted by Gasteiger charge is -2.24. The van der Waals surface area contributed by atoms with Crippen molar-refractivity contribution in [1.82, 2.24) is 9.97 Å². The zero-order valence-electron chi connectivity index (χ0n) is 8.91. The van der Waals surface area contributed by atoms with Crippen molar-refractivity contribution in [3.8, 4) is 0 Å². The minimum absolute atomic E-state index is 0.0597. The molecule has 0 radical (unpaired) electrons. The molecular formula is C10H15N3O2S. The second-order valence-electron chi connectivity index (χ2n) is 4.11. The minimum Gasteiger partial charge on any atom is -0.328 e. The Kier molecular flexibility index (Phi) is 3.20. The van der Waals surface area contributed by atoms with E-state index in [1.165, 1.54) is 12.4 Å². The molecule has 88 valence electrons. The van der Waals surface area contributed by atoms with Gasteiger partial charge in [-0.05, 0) is 31.7 Å². The highest BCUT2D eigenvalue weighted by atomic mass is 32.2. The highest BCUT2D eigenvalue weighted by Gasteiger charge is 2.32. The van der Waals surface area contributed by atoms with E-state index in [4.69, 9.17) is 5.73 Å². The number of sulfone groups is 1. The second kappa shape index (κ2) is 4.47. The van der Waals surface area contributed by atoms with Crippen LogP contribution in [0.1, 0.15) is 25.7 Å². The molecule has 6 heteroatoms. The van der Waals surface area contributed by atoms with Gasteiger partial charge in [0.1, 0.15) is 0 Å². The predicted octanol–water partition coefficient (Wildman–Crippen LogP) is 0.520. The lowest BCUT2D eigenvalue weighted by Crippen LogP contribution is -2.33. The van der Waals surface area contributed by atoms with Crippen molar-refractivity contribution in [2.45, 2.75) is 42.1 Å². The summed E-state index contributed by atoms with van der Waals surface area (Å²) in [7, 11) is -3.36. The molecule has 1 aliphatic rings. The molecule has 0 spiro atoms. The largest absolute Gasteiger partial charge is 0.328 e. The quantitative estimate of drug-likeness (QED) is 0.763. The average Bonchev–Trinajstić information content (AvgIpc) is 2.31. The summed E-state index contributed by atoms with van der Waals surface area (Å²) in [5, 5.41) is -0.426. The van der Waals surface area contributed by atoms with Gasteiger partial charge in [0.2, 0.25) is 15.0 Å². The smallest absolute Gasteiger partial charge is 0.247 e. The first-order valence-electron chi connectivity index (χ1n) is 5.37. The van der Waals surface area contributed by atoms with E-state index in [2.05, 4.69) is 9.97 Å². The SMILES string of the molecule is NC1CCC(S(=O)(=O)c2ncccn2)CC1. The van der Waals surface area contributed by atoms with Gasteiger partial charge in [0, 0.05) is 18.4 Å². The van der Waals surface area contributed by atoms with E-state index < -0.39 is 9.84 Å². The number of aromatic nitrogens is 2. The van der Waals surface area contributed by atoms with Crippen LogP contribution in [-0.2, 0) is 9.84 Å². The Balaban J connectivity index is 2.20. The van der Waals surface area contributed by atoms with Crippen LogP contribution >= 0.6 is 0 Å². The first-order chi connectivity index (χ1) is 7.60. The summed E-state index contributed by atoms with van der Waals surface area (Å²) in [5.74, 6) is 0. The molecule has 0 aliphatic heterocycles. The summed E-state index contributed by atoms with van der Waals surface area (Å²) in [4.78, 5) is 7.63. The van der Waals surface area contributed by atoms with Crippen LogP contribution in [0.4, 0.5) is 0 Å². The van der Waals surface area contributed by atoms with Crippen LogP contribution < -0.4 is 5.73 Å². The predicted molar refractivity (Wildman–Crippen MR) is 59.4 cm³/mol. The van der Waals surface area contributed by atoms with E-state index in [9.17, 15) is 8.42 Å². The molecule has 1 aliphatic carbocycles. The van der Waals surface area contributed by atoms with Crippen LogP contribution in [-0.4, -0.2) is 29.7 Å². The maximum Gasteiger partial charge on any atom is 0.247 e. The maximum atomic E-state index is 12.1. The minimum atomic E-state index is -3.36. The van der Waals surface area contributed by atoms with E-state index in [1.54, 1.807) is 6.07 Å². The second-order valence-corrected chi connectivity index (χ2v) is 6.23. The third-order valence-electron chi connectivity index (χ3n) is 2.95. The molecule has 1 saturated carbocycles. The van der Waals surface area contributed by atoms with E-state index in [1.807, 2.05) is 0 Å². The van der Waals surface area contributed by atoms with Gasteiger partial charge in [-0.3, -0.25) is 0 Å². The van der Waals surface area contributed by atoms with Crippen molar-refractivity contribution in [1.29, 1.82) is 0 Å². The molecular weight excluding hydrogens is 226 g/mol. The van der Waals surface area contributed by atoms with Crippen LogP contribution in [0.5, 0.6) is 0 Å². The first kappa shape index (κ1) is 11.5. The van der Waals surface area contributed by atoms with E-state index in [-0.39, 0.29) is 16.4 Å². The zero-order chi connectivity index (χ0) is 11.6. The van der Waals surface area contributed by atoms with Crippen LogP contribution in [0, 0.1) is 0 Å². The topological polar surface area (TPSA) is 85.9 Å². The van der Waals surface area contributed by atoms with Crippen LogP contribution in [0.3, 0.4) is 0 Å². The standard InChI is InChI=1S/C10H15N3O2S/c11-8-2-4-9(5-3-8)16(14,15)10-12-6-1-7-13-10/h1,6-9H,2-5,11H2. The van der Waals surface area contributed by atoms with Gasteiger partial charge in [-0.2, -0.15) is 0 Å². The summed E-state index contributed by atoms with van der Waals surface area (Å²) in [6.45, 7) is 0. The van der Waals surface area contributed by atoms with Crippen molar-refractivity contribution < 1.29 is 8.42 Å². The molecule has 16 heavy (non-hydrogen) atoms. The zero-order valence-corrected chi connectivity index (χ0v) is 9.73. The molecule has 2 rings (SSSR count). The molecule has 1 heterocycles. The normalized spacial score (nSPS) is 26.6. The van der Waals surface area contributed by atoms with Gasteiger partial charge in [0.15, 0.2) is 0 Å². The Morgan fingerprint density at radius 1 is 1.12 bits per heavy atom. The highest BCUT2D eigenvalue weighted by Crippen LogP contribution is 2.26. The molecule has 2 N–H and O–H groups in total. The Morgan fingerprint density at radius 3 is 2.25 bits per heavy atom. The van der Waals surface area contributed by atoms with Crippen LogP contribution in [0.15, 0.2) is 23.6 Å². The number of nitrogens with two attached hydrogens (primary N) is 1. The molecule has 0 atom stereocenters. The van der Waals surface area contributed by atoms with Gasteiger partial charge in [0.25, 0.3) is 0 Å². The third-order valence-corrected chi connectivity index (χ3v) is 5.02. The van der Waals surface area contributed by atoms with Gasteiger partial charge < -0.3 is 5.73 Å². The monoisotopic (exact) mass is 241 g/mol. The van der Waals surface area contributed by atoms with Crippen molar-refractivity contribution in [3.63, 3.8) is 0 Å². The molecule has 0 bridgehead atoms. The number of nitrogens with zero attached hydrogens (tertiary/aromatic N) is 2. The molecule has 5 nitrogen and oxygen atoms in total. The van der Waals surface area contributed by atoms with Gasteiger partial charge in [-0.15, -0.1) is 0 Å². The van der Waals surface area contributed by atoms with Crippen LogP contribution in [0.25, 0.3) is 0 Å². The summed E-state index contributed by atoms with van der Waals surface area (Å²) >= 11 is 0. The first-order valence-corrected chi connectivity index (χ1v) is 6.92. The highest BCUT2D eigenvalue weighted by molar-refractivity contribution is 7.91. The number of rotatable bonds is 2. The molecule has 1 aromatic rings. The Hall–Kier alpha value is -1.01. The molecule has 0 unspecified atom stereocenters. The van der Waals surface area contributed by atoms with Crippen molar-refractivity contribution in [2.75, 3.05) is 0 Å². The third kappa shape index (κ3) is 2.22. The lowest BCUT2D eigenvalue weighted by molar-refractivity contribution is 0.432. The maximum absolute atomic E-state index is 12.1. The summed E-state index contributed by atoms with van der Waals surface area (Å²) in [6.07, 6.45) is 5.65. The molecule has 0 aromatic carbocycles. The fourth-order valence-corrected chi connectivity index (χ4v) is 3.59. The van der Waals surface area contributed by atoms with Gasteiger partial charge in [-0.1, -0.05) is 0 Å². The Bertz CT molecular complexity index is 438. The van der Waals surface area contributed by atoms with E-state index in [0.717, 1.165) is 12.8 Å². The van der Waals surface area contributed by atoms with Crippen molar-refractivity contribution in [3.05, 3.63) is 18.5 Å². The van der Waals surface area contributed by atoms with Gasteiger partial charge in [0.05, 0.1) is 5.25 Å². The number of hydrogen-bond acceptors (Lipinski definition) is 5. The molecule has 1 fully saturated rings. The van der Waals surface area contributed by atoms with Gasteiger partial charge in [-0.25, -0.2) is 18.4 Å². The fourth-order valence-electron chi connectivity index (χ4n) is 1.98. The molecule has 0 amide bonds. The number of hydrogen-bond donors (Lipinski definition) is 1. The van der Waals surface area contributed by atoms with Crippen molar-refractivity contribution in [2.24, 2.45) is 5.73 Å². The summed E-state index contributed by atoms with van der Waals surface area (Å²) in [6, 6.07) is 1.75. The summed E-state index contributed by atoms with van der Waals surface area (Å²) < 4.78 is 24.3. The van der Waals surface area contributed by atoms with Gasteiger partial charge >= 0.3 is 0 Å². The van der Waals surface area contributed by atoms with Crippen LogP contribution in [0.2, 0.25) is 0 Å². The molecule has 0 saturated heterocycles. The fraction of sp³-hybridized carbons (Fsp3) is 0.600. The van der Waals surface area contributed by atoms with Crippen molar-refractivity contribution >= 4 is 9.84 Å². The van der Waals surface area contributed by atoms with E-state index in [0.29, 0.717) is 12.8 Å². The summed E-state index contributed by atoms with van der Waals surface area (Å²) in [5.41, 5.74) is 5.75.